The van der Waals surface area contributed by atoms with Crippen LogP contribution in [-0.2, 0) is 41.8 Å². The fourth-order valence-corrected chi connectivity index (χ4v) is 1.92. The first-order chi connectivity index (χ1) is 9.46. The van der Waals surface area contributed by atoms with Gasteiger partial charge in [-0.1, -0.05) is 13.3 Å². The Bertz CT molecular complexity index is 351. The SMILES string of the molecule is [CH2-]CCOP(=O)(O)OCC(N[C-]=O)C(=O)NCCCC.[U].[V]. The standard InChI is InChI=1S/C11H21N2O6P.U.V/c1-3-5-6-12-11(15)10(13-9-14)8-19-20(16,17)18-7-4-2;;/h10H,2-8H2,1H3,(H,12,15)(H,13,14)(H,16,17);;/q-2;;. The van der Waals surface area contributed by atoms with E-state index in [1.54, 1.807) is 0 Å². The normalized spacial score (nSPS) is 13.8. The van der Waals surface area contributed by atoms with Crippen LogP contribution in [0.2, 0.25) is 0 Å². The van der Waals surface area contributed by atoms with Crippen LogP contribution >= 0.6 is 7.82 Å². The third-order valence-electron chi connectivity index (χ3n) is 2.18. The molecule has 2 atom stereocenters. The van der Waals surface area contributed by atoms with Gasteiger partial charge in [0.1, 0.15) is 6.04 Å². The summed E-state index contributed by atoms with van der Waals surface area (Å²) in [6.07, 6.45) is 3.35. The number of hydrogen-bond acceptors (Lipinski definition) is 5. The first-order valence-electron chi connectivity index (χ1n) is 6.28. The summed E-state index contributed by atoms with van der Waals surface area (Å²) in [5, 5.41) is 4.66. The summed E-state index contributed by atoms with van der Waals surface area (Å²) in [4.78, 5) is 31.3. The van der Waals surface area contributed by atoms with Gasteiger partial charge in [-0.3, -0.25) is 13.8 Å². The van der Waals surface area contributed by atoms with Gasteiger partial charge in [-0.25, -0.2) is 4.57 Å². The maximum Gasteiger partial charge on any atom is 0.472 e. The Hall–Kier alpha value is 0.686. The Kier molecular flexibility index (Phi) is 20.7. The van der Waals surface area contributed by atoms with Crippen LogP contribution in [0.1, 0.15) is 26.2 Å². The van der Waals surface area contributed by atoms with Gasteiger partial charge in [0.25, 0.3) is 0 Å². The molecule has 0 aromatic rings. The Morgan fingerprint density at radius 2 is 2.09 bits per heavy atom. The van der Waals surface area contributed by atoms with Crippen molar-refractivity contribution >= 4 is 20.1 Å². The molecule has 0 rings (SSSR count). The van der Waals surface area contributed by atoms with Gasteiger partial charge >= 0.3 is 7.82 Å². The minimum Gasteiger partial charge on any atom is -0.520 e. The minimum absolute atomic E-state index is 0. The van der Waals surface area contributed by atoms with Crippen molar-refractivity contribution in [3.63, 3.8) is 0 Å². The van der Waals surface area contributed by atoms with Crippen molar-refractivity contribution in [1.82, 2.24) is 10.6 Å². The summed E-state index contributed by atoms with van der Waals surface area (Å²) in [7, 11) is -4.25. The smallest absolute Gasteiger partial charge is 0.472 e. The molecule has 0 saturated carbocycles. The average molecular weight is 597 g/mol. The van der Waals surface area contributed by atoms with Crippen molar-refractivity contribution in [2.45, 2.75) is 32.2 Å². The summed E-state index contributed by atoms with van der Waals surface area (Å²) in [5.41, 5.74) is 0. The van der Waals surface area contributed by atoms with Crippen molar-refractivity contribution in [2.75, 3.05) is 19.8 Å². The predicted molar refractivity (Wildman–Crippen MR) is 72.2 cm³/mol. The van der Waals surface area contributed by atoms with Crippen LogP contribution in [0.4, 0.5) is 0 Å². The van der Waals surface area contributed by atoms with E-state index >= 15 is 0 Å². The van der Waals surface area contributed by atoms with E-state index in [0.717, 1.165) is 12.8 Å². The molecule has 3 N–H and O–H groups in total. The summed E-state index contributed by atoms with van der Waals surface area (Å²) >= 11 is 0. The van der Waals surface area contributed by atoms with Gasteiger partial charge in [-0.05, 0) is 6.42 Å². The van der Waals surface area contributed by atoms with Gasteiger partial charge in [0.15, 0.2) is 0 Å². The van der Waals surface area contributed by atoms with Crippen LogP contribution in [0.5, 0.6) is 0 Å². The van der Waals surface area contributed by atoms with Crippen LogP contribution < -0.4 is 10.6 Å². The fraction of sp³-hybridized carbons (Fsp3) is 0.727. The molecule has 2 unspecified atom stereocenters. The Balaban J connectivity index is -0.00000180. The first kappa shape index (κ1) is 27.5. The molecule has 8 nitrogen and oxygen atoms in total. The molecule has 0 fully saturated rings. The Labute approximate surface area is 166 Å². The second-order valence-corrected chi connectivity index (χ2v) is 5.35. The number of phosphoric acid groups is 1. The monoisotopic (exact) mass is 597 g/mol. The molecule has 0 aromatic heterocycles. The van der Waals surface area contributed by atoms with Crippen molar-refractivity contribution in [3.8, 4) is 0 Å². The largest absolute Gasteiger partial charge is 0.520 e. The third-order valence-corrected chi connectivity index (χ3v) is 3.17. The molecule has 0 spiro atoms. The molecule has 22 heavy (non-hydrogen) atoms. The number of unbranched alkanes of at least 4 members (excludes halogenated alkanes) is 1. The van der Waals surface area contributed by atoms with E-state index < -0.39 is 26.4 Å². The first-order valence-corrected chi connectivity index (χ1v) is 7.78. The average Bonchev–Trinajstić information content (AvgIpc) is 2.41. The number of carbonyl (C=O) groups is 1. The number of hydrogen-bond donors (Lipinski definition) is 3. The number of rotatable bonds is 12. The fourth-order valence-electron chi connectivity index (χ4n) is 1.15. The number of carbonyl (C=O) groups excluding carboxylic acids is 2. The van der Waals surface area contributed by atoms with E-state index in [1.165, 1.54) is 6.41 Å². The molecule has 0 aliphatic carbocycles. The van der Waals surface area contributed by atoms with Crippen LogP contribution in [0.3, 0.4) is 0 Å². The van der Waals surface area contributed by atoms with E-state index in [9.17, 15) is 19.0 Å². The predicted octanol–water partition coefficient (Wildman–Crippen LogP) is 0.283. The quantitative estimate of drug-likeness (QED) is 0.129. The molecule has 0 heterocycles. The summed E-state index contributed by atoms with van der Waals surface area (Å²) in [5.74, 6) is -0.515. The summed E-state index contributed by atoms with van der Waals surface area (Å²) in [6.45, 7) is 5.32. The van der Waals surface area contributed by atoms with Crippen LogP contribution in [0.15, 0.2) is 0 Å². The number of phosphoric ester groups is 1. The van der Waals surface area contributed by atoms with Crippen molar-refractivity contribution in [3.05, 3.63) is 6.92 Å². The van der Waals surface area contributed by atoms with E-state index in [2.05, 4.69) is 26.6 Å². The number of amides is 2. The van der Waals surface area contributed by atoms with Gasteiger partial charge in [-0.2, -0.15) is 12.8 Å². The molecule has 0 aromatic carbocycles. The molecular weight excluding hydrogens is 576 g/mol. The van der Waals surface area contributed by atoms with Gasteiger partial charge in [0.2, 0.25) is 5.91 Å². The second kappa shape index (κ2) is 16.5. The van der Waals surface area contributed by atoms with E-state index in [-0.39, 0.29) is 56.3 Å². The zero-order chi connectivity index (χ0) is 15.4. The van der Waals surface area contributed by atoms with Crippen LogP contribution in [0.25, 0.3) is 0 Å². The third kappa shape index (κ3) is 14.3. The van der Waals surface area contributed by atoms with Crippen molar-refractivity contribution in [2.24, 2.45) is 0 Å². The molecule has 127 valence electrons. The summed E-state index contributed by atoms with van der Waals surface area (Å²) in [6, 6.07) is -1.10. The molecule has 0 aliphatic heterocycles. The van der Waals surface area contributed by atoms with Crippen LogP contribution in [-0.4, -0.2) is 43.0 Å². The molecule has 0 saturated heterocycles. The van der Waals surface area contributed by atoms with Gasteiger partial charge in [-0.15, -0.1) is 0 Å². The molecule has 2 amide bonds. The zero-order valence-corrected chi connectivity index (χ0v) is 18.9. The van der Waals surface area contributed by atoms with E-state index in [0.29, 0.717) is 13.0 Å². The van der Waals surface area contributed by atoms with E-state index in [4.69, 9.17) is 0 Å². The maximum atomic E-state index is 11.7. The minimum atomic E-state index is -4.25. The van der Waals surface area contributed by atoms with Crippen molar-refractivity contribution in [1.29, 1.82) is 0 Å². The Morgan fingerprint density at radius 1 is 1.45 bits per heavy atom. The summed E-state index contributed by atoms with van der Waals surface area (Å²) < 4.78 is 20.6. The molecule has 0 aliphatic rings. The van der Waals surface area contributed by atoms with Crippen LogP contribution in [0, 0.1) is 38.0 Å². The van der Waals surface area contributed by atoms with Gasteiger partial charge < -0.3 is 27.2 Å². The zero-order valence-electron chi connectivity index (χ0n) is 12.4. The van der Waals surface area contributed by atoms with Gasteiger partial charge in [0, 0.05) is 62.8 Å². The molecule has 0 bridgehead atoms. The Morgan fingerprint density at radius 3 is 2.59 bits per heavy atom. The molecule has 11 heteroatoms. The maximum absolute atomic E-state index is 11.7. The topological polar surface area (TPSA) is 114 Å². The van der Waals surface area contributed by atoms with Gasteiger partial charge in [0.05, 0.1) is 6.61 Å². The number of nitrogens with one attached hydrogen (secondary N) is 2. The van der Waals surface area contributed by atoms with Crippen molar-refractivity contribution < 1.29 is 77.8 Å². The van der Waals surface area contributed by atoms with E-state index in [1.807, 2.05) is 6.92 Å². The molecular formula is C11H21N2O6PUV-2. The molecule has 1 radical (unpaired) electrons. The second-order valence-electron chi connectivity index (χ2n) is 3.89.